The maximum absolute atomic E-state index is 12.1. The van der Waals surface area contributed by atoms with E-state index in [1.807, 2.05) is 24.3 Å². The van der Waals surface area contributed by atoms with Crippen molar-refractivity contribution in [3.63, 3.8) is 0 Å². The van der Waals surface area contributed by atoms with Gasteiger partial charge in [0, 0.05) is 29.5 Å². The summed E-state index contributed by atoms with van der Waals surface area (Å²) in [6.45, 7) is -0.426. The maximum Gasteiger partial charge on any atom is 0.306 e. The van der Waals surface area contributed by atoms with Crippen molar-refractivity contribution >= 4 is 55.6 Å². The van der Waals surface area contributed by atoms with E-state index in [4.69, 9.17) is 4.74 Å². The molecule has 0 aliphatic rings. The molecule has 0 aliphatic heterocycles. The van der Waals surface area contributed by atoms with E-state index in [9.17, 15) is 19.7 Å². The van der Waals surface area contributed by atoms with E-state index < -0.39 is 23.4 Å². The minimum atomic E-state index is -0.515. The molecule has 0 radical (unpaired) electrons. The van der Waals surface area contributed by atoms with E-state index in [2.05, 4.69) is 15.3 Å². The second-order valence-electron chi connectivity index (χ2n) is 6.63. The summed E-state index contributed by atoms with van der Waals surface area (Å²) in [4.78, 5) is 43.2. The third kappa shape index (κ3) is 5.31. The van der Waals surface area contributed by atoms with Crippen molar-refractivity contribution in [2.45, 2.75) is 12.8 Å². The van der Waals surface area contributed by atoms with Crippen LogP contribution in [0.2, 0.25) is 0 Å². The van der Waals surface area contributed by atoms with Crippen LogP contribution in [0.4, 0.5) is 10.8 Å². The van der Waals surface area contributed by atoms with Crippen LogP contribution in [0, 0.1) is 10.1 Å². The Morgan fingerprint density at radius 3 is 2.78 bits per heavy atom. The topological polar surface area (TPSA) is 124 Å². The molecule has 4 rings (SSSR count). The Morgan fingerprint density at radius 1 is 1.12 bits per heavy atom. The normalized spacial score (nSPS) is 10.8. The molecule has 2 heterocycles. The average Bonchev–Trinajstić information content (AvgIpc) is 3.43. The van der Waals surface area contributed by atoms with Gasteiger partial charge in [0.05, 0.1) is 32.3 Å². The van der Waals surface area contributed by atoms with Crippen LogP contribution in [0.15, 0.2) is 53.9 Å². The van der Waals surface area contributed by atoms with Crippen molar-refractivity contribution in [1.29, 1.82) is 0 Å². The number of rotatable bonds is 8. The number of esters is 1. The van der Waals surface area contributed by atoms with Crippen LogP contribution in [0.1, 0.15) is 11.4 Å². The highest BCUT2D eigenvalue weighted by Gasteiger charge is 2.13. The first-order valence-corrected chi connectivity index (χ1v) is 11.2. The number of nitro groups is 1. The molecule has 0 aliphatic carbocycles. The van der Waals surface area contributed by atoms with E-state index in [0.29, 0.717) is 22.8 Å². The number of thiazole rings is 2. The minimum Gasteiger partial charge on any atom is -0.456 e. The summed E-state index contributed by atoms with van der Waals surface area (Å²) >= 11 is 2.70. The lowest BCUT2D eigenvalue weighted by Crippen LogP contribution is -2.21. The highest BCUT2D eigenvalue weighted by Crippen LogP contribution is 2.27. The van der Waals surface area contributed by atoms with Crippen LogP contribution >= 0.6 is 22.7 Å². The Labute approximate surface area is 189 Å². The standard InChI is InChI=1S/C21H16N4O5S2/c26-18(11-30-20(27)9-8-19-22-15-6-1-2-7-17(15)32-19)24-21-23-16(12-31-21)13-4-3-5-14(10-13)25(28)29/h1-7,10,12H,8-9,11H2,(H,23,24,26). The molecule has 2 aromatic heterocycles. The first-order chi connectivity index (χ1) is 15.5. The monoisotopic (exact) mass is 468 g/mol. The van der Waals surface area contributed by atoms with Crippen molar-refractivity contribution in [3.05, 3.63) is 69.0 Å². The smallest absolute Gasteiger partial charge is 0.306 e. The van der Waals surface area contributed by atoms with Crippen LogP contribution in [-0.2, 0) is 20.7 Å². The quantitative estimate of drug-likeness (QED) is 0.230. The van der Waals surface area contributed by atoms with Crippen LogP contribution < -0.4 is 5.32 Å². The molecule has 1 amide bonds. The first kappa shape index (κ1) is 21.5. The van der Waals surface area contributed by atoms with Crippen LogP contribution in [0.5, 0.6) is 0 Å². The number of nitrogens with zero attached hydrogens (tertiary/aromatic N) is 3. The second kappa shape index (κ2) is 9.62. The largest absolute Gasteiger partial charge is 0.456 e. The van der Waals surface area contributed by atoms with Crippen molar-refractivity contribution < 1.29 is 19.2 Å². The molecular formula is C21H16N4O5S2. The van der Waals surface area contributed by atoms with Crippen LogP contribution in [0.3, 0.4) is 0 Å². The Morgan fingerprint density at radius 2 is 1.97 bits per heavy atom. The van der Waals surface area contributed by atoms with Gasteiger partial charge in [-0.15, -0.1) is 22.7 Å². The number of non-ortho nitro benzene ring substituents is 1. The molecule has 11 heteroatoms. The number of hydrogen-bond donors (Lipinski definition) is 1. The highest BCUT2D eigenvalue weighted by molar-refractivity contribution is 7.18. The summed E-state index contributed by atoms with van der Waals surface area (Å²) in [5.41, 5.74) is 1.92. The number of nitrogens with one attached hydrogen (secondary N) is 1. The lowest BCUT2D eigenvalue weighted by Gasteiger charge is -2.04. The fraction of sp³-hybridized carbons (Fsp3) is 0.143. The number of aryl methyl sites for hydroxylation is 1. The van der Waals surface area contributed by atoms with Gasteiger partial charge in [0.2, 0.25) is 0 Å². The van der Waals surface area contributed by atoms with Gasteiger partial charge in [0.15, 0.2) is 11.7 Å². The maximum atomic E-state index is 12.1. The van der Waals surface area contributed by atoms with Gasteiger partial charge in [0.1, 0.15) is 0 Å². The molecule has 0 fully saturated rings. The predicted octanol–water partition coefficient (Wildman–Crippen LogP) is 4.44. The Balaban J connectivity index is 1.25. The number of anilines is 1. The molecule has 0 unspecified atom stereocenters. The Kier molecular flexibility index (Phi) is 6.47. The third-order valence-electron chi connectivity index (χ3n) is 4.35. The molecule has 162 valence electrons. The van der Waals surface area contributed by atoms with Gasteiger partial charge in [-0.25, -0.2) is 9.97 Å². The van der Waals surface area contributed by atoms with Crippen molar-refractivity contribution in [3.8, 4) is 11.3 Å². The molecule has 4 aromatic rings. The average molecular weight is 469 g/mol. The van der Waals surface area contributed by atoms with Crippen molar-refractivity contribution in [1.82, 2.24) is 9.97 Å². The fourth-order valence-corrected chi connectivity index (χ4v) is 4.55. The van der Waals surface area contributed by atoms with Crippen LogP contribution in [0.25, 0.3) is 21.5 Å². The summed E-state index contributed by atoms with van der Waals surface area (Å²) in [6, 6.07) is 13.8. The van der Waals surface area contributed by atoms with Crippen molar-refractivity contribution in [2.24, 2.45) is 0 Å². The zero-order valence-corrected chi connectivity index (χ0v) is 18.1. The van der Waals surface area contributed by atoms with Crippen molar-refractivity contribution in [2.75, 3.05) is 11.9 Å². The fourth-order valence-electron chi connectivity index (χ4n) is 2.85. The number of ether oxygens (including phenoxy) is 1. The number of fused-ring (bicyclic) bond motifs is 1. The number of aromatic nitrogens is 2. The summed E-state index contributed by atoms with van der Waals surface area (Å²) < 4.78 is 6.09. The molecule has 0 atom stereocenters. The molecule has 0 saturated heterocycles. The number of carbonyl (C=O) groups is 2. The third-order valence-corrected chi connectivity index (χ3v) is 6.20. The summed E-state index contributed by atoms with van der Waals surface area (Å²) in [5.74, 6) is -1.01. The molecule has 32 heavy (non-hydrogen) atoms. The molecule has 9 nitrogen and oxygen atoms in total. The number of nitro benzene ring substituents is 1. The van der Waals surface area contributed by atoms with Gasteiger partial charge in [-0.2, -0.15) is 0 Å². The van der Waals surface area contributed by atoms with E-state index >= 15 is 0 Å². The summed E-state index contributed by atoms with van der Waals surface area (Å²) in [7, 11) is 0. The molecule has 0 bridgehead atoms. The number of amides is 1. The van der Waals surface area contributed by atoms with Gasteiger partial charge in [-0.3, -0.25) is 25.0 Å². The minimum absolute atomic E-state index is 0.0427. The second-order valence-corrected chi connectivity index (χ2v) is 8.60. The zero-order valence-electron chi connectivity index (χ0n) is 16.5. The first-order valence-electron chi connectivity index (χ1n) is 9.48. The van der Waals surface area contributed by atoms with Gasteiger partial charge in [0.25, 0.3) is 11.6 Å². The number of carbonyl (C=O) groups excluding carboxylic acids is 2. The highest BCUT2D eigenvalue weighted by atomic mass is 32.1. The van der Waals surface area contributed by atoms with E-state index in [0.717, 1.165) is 15.2 Å². The summed E-state index contributed by atoms with van der Waals surface area (Å²) in [5, 5.41) is 16.3. The molecule has 1 N–H and O–H groups in total. The number of hydrogen-bond acceptors (Lipinski definition) is 9. The molecule has 0 spiro atoms. The van der Waals surface area contributed by atoms with Gasteiger partial charge >= 0.3 is 5.97 Å². The Hall–Kier alpha value is -3.70. The molecular weight excluding hydrogens is 452 g/mol. The molecule has 2 aromatic carbocycles. The molecule has 0 saturated carbocycles. The van der Waals surface area contributed by atoms with E-state index in [1.165, 1.54) is 34.8 Å². The van der Waals surface area contributed by atoms with Crippen LogP contribution in [-0.4, -0.2) is 33.4 Å². The van der Waals surface area contributed by atoms with E-state index in [1.54, 1.807) is 17.5 Å². The summed E-state index contributed by atoms with van der Waals surface area (Å²) in [6.07, 6.45) is 0.570. The zero-order chi connectivity index (χ0) is 22.5. The van der Waals surface area contributed by atoms with E-state index in [-0.39, 0.29) is 12.1 Å². The number of para-hydroxylation sites is 1. The van der Waals surface area contributed by atoms with Gasteiger partial charge in [-0.05, 0) is 12.1 Å². The lowest BCUT2D eigenvalue weighted by molar-refractivity contribution is -0.384. The lowest BCUT2D eigenvalue weighted by atomic mass is 10.1. The SMILES string of the molecule is O=C(COC(=O)CCc1nc2ccccc2s1)Nc1nc(-c2cccc([N+](=O)[O-])c2)cs1. The number of benzene rings is 2. The predicted molar refractivity (Wildman–Crippen MR) is 122 cm³/mol. The van der Waals surface area contributed by atoms with Gasteiger partial charge < -0.3 is 4.74 Å². The Bertz CT molecular complexity index is 1270. The van der Waals surface area contributed by atoms with Gasteiger partial charge in [-0.1, -0.05) is 24.3 Å².